The van der Waals surface area contributed by atoms with Crippen LogP contribution in [0.25, 0.3) is 10.9 Å². The van der Waals surface area contributed by atoms with Crippen molar-refractivity contribution in [1.29, 1.82) is 0 Å². The minimum absolute atomic E-state index is 0.107. The summed E-state index contributed by atoms with van der Waals surface area (Å²) < 4.78 is 2.26. The fraction of sp³-hybridized carbons (Fsp3) is 0.375. The lowest BCUT2D eigenvalue weighted by Crippen LogP contribution is -2.38. The fourth-order valence-electron chi connectivity index (χ4n) is 3.81. The van der Waals surface area contributed by atoms with Crippen molar-refractivity contribution in [3.05, 3.63) is 73.7 Å². The number of carbonyl (C=O) groups is 1. The monoisotopic (exact) mass is 518 g/mol. The van der Waals surface area contributed by atoms with Gasteiger partial charge in [-0.2, -0.15) is 0 Å². The molecule has 0 aliphatic rings. The molecule has 32 heavy (non-hydrogen) atoms. The first-order valence-corrected chi connectivity index (χ1v) is 11.9. The molecule has 1 atom stereocenters. The summed E-state index contributed by atoms with van der Waals surface area (Å²) in [6.07, 6.45) is 3.81. The highest BCUT2D eigenvalue weighted by molar-refractivity contribution is 9.10. The Balaban J connectivity index is 2.00. The van der Waals surface area contributed by atoms with Crippen molar-refractivity contribution < 1.29 is 4.79 Å². The van der Waals surface area contributed by atoms with Gasteiger partial charge in [-0.05, 0) is 72.6 Å². The third-order valence-electron chi connectivity index (χ3n) is 5.63. The van der Waals surface area contributed by atoms with E-state index >= 15 is 0 Å². The summed E-state index contributed by atoms with van der Waals surface area (Å²) in [6.45, 7) is 3.13. The molecule has 3 aromatic rings. The first-order valence-electron chi connectivity index (χ1n) is 10.8. The summed E-state index contributed by atoms with van der Waals surface area (Å²) in [5.41, 5.74) is 6.55. The summed E-state index contributed by atoms with van der Waals surface area (Å²) in [5, 5.41) is 1.01. The van der Waals surface area contributed by atoms with Crippen LogP contribution in [0.15, 0.2) is 51.7 Å². The Labute approximate surface area is 201 Å². The molecule has 8 heteroatoms. The maximum absolute atomic E-state index is 13.6. The van der Waals surface area contributed by atoms with Crippen LogP contribution in [0.2, 0.25) is 5.02 Å². The van der Waals surface area contributed by atoms with Crippen LogP contribution < -0.4 is 11.3 Å². The minimum Gasteiger partial charge on any atom is -0.330 e. The lowest BCUT2D eigenvalue weighted by Gasteiger charge is -2.30. The zero-order chi connectivity index (χ0) is 23.3. The summed E-state index contributed by atoms with van der Waals surface area (Å²) in [4.78, 5) is 33.0. The molecule has 0 aliphatic carbocycles. The summed E-state index contributed by atoms with van der Waals surface area (Å²) in [7, 11) is 1.69. The number of nitrogens with zero attached hydrogens (tertiary/aromatic N) is 3. The molecule has 0 saturated carbocycles. The van der Waals surface area contributed by atoms with Crippen LogP contribution in [0.5, 0.6) is 0 Å². The van der Waals surface area contributed by atoms with Crippen LogP contribution in [-0.4, -0.2) is 33.4 Å². The topological polar surface area (TPSA) is 81.2 Å². The molecule has 0 fully saturated rings. The van der Waals surface area contributed by atoms with E-state index in [0.717, 1.165) is 30.2 Å². The van der Waals surface area contributed by atoms with Crippen LogP contribution in [0.1, 0.15) is 54.8 Å². The molecule has 1 aromatic heterocycles. The van der Waals surface area contributed by atoms with Crippen LogP contribution in [0.4, 0.5) is 0 Å². The van der Waals surface area contributed by atoms with Crippen LogP contribution >= 0.6 is 27.5 Å². The van der Waals surface area contributed by atoms with Crippen LogP contribution in [0.3, 0.4) is 0 Å². The number of hydrogen-bond donors (Lipinski definition) is 1. The number of unbranched alkanes of at least 4 members (excludes halogenated alkanes) is 3. The zero-order valence-electron chi connectivity index (χ0n) is 18.4. The highest BCUT2D eigenvalue weighted by Gasteiger charge is 2.27. The summed E-state index contributed by atoms with van der Waals surface area (Å²) in [5.74, 6) is 0.413. The van der Waals surface area contributed by atoms with Gasteiger partial charge >= 0.3 is 0 Å². The average molecular weight is 520 g/mol. The smallest absolute Gasteiger partial charge is 0.261 e. The molecule has 170 valence electrons. The highest BCUT2D eigenvalue weighted by Crippen LogP contribution is 2.26. The molecule has 1 unspecified atom stereocenters. The van der Waals surface area contributed by atoms with Gasteiger partial charge in [0.15, 0.2) is 0 Å². The molecule has 0 aliphatic heterocycles. The van der Waals surface area contributed by atoms with Gasteiger partial charge < -0.3 is 10.6 Å². The van der Waals surface area contributed by atoms with Crippen LogP contribution in [0, 0.1) is 0 Å². The van der Waals surface area contributed by atoms with Gasteiger partial charge in [0, 0.05) is 23.1 Å². The number of aromatic nitrogens is 2. The molecule has 2 aromatic carbocycles. The molecule has 0 spiro atoms. The Morgan fingerprint density at radius 1 is 1.19 bits per heavy atom. The van der Waals surface area contributed by atoms with Crippen molar-refractivity contribution >= 4 is 44.3 Å². The number of halogens is 2. The van der Waals surface area contributed by atoms with E-state index in [2.05, 4.69) is 15.9 Å². The normalized spacial score (nSPS) is 12.2. The van der Waals surface area contributed by atoms with Crippen molar-refractivity contribution in [3.8, 4) is 0 Å². The predicted octanol–water partition coefficient (Wildman–Crippen LogP) is 5.07. The number of rotatable bonds is 9. The van der Waals surface area contributed by atoms with E-state index in [-0.39, 0.29) is 11.5 Å². The highest BCUT2D eigenvalue weighted by atomic mass is 79.9. The van der Waals surface area contributed by atoms with Crippen molar-refractivity contribution in [2.75, 3.05) is 13.1 Å². The van der Waals surface area contributed by atoms with E-state index in [1.807, 2.05) is 25.1 Å². The van der Waals surface area contributed by atoms with Crippen molar-refractivity contribution in [2.24, 2.45) is 12.8 Å². The molecule has 3 rings (SSSR count). The largest absolute Gasteiger partial charge is 0.330 e. The van der Waals surface area contributed by atoms with E-state index in [9.17, 15) is 9.59 Å². The third-order valence-corrected chi connectivity index (χ3v) is 6.56. The number of benzene rings is 2. The van der Waals surface area contributed by atoms with Gasteiger partial charge in [0.2, 0.25) is 0 Å². The number of hydrogen-bond acceptors (Lipinski definition) is 4. The van der Waals surface area contributed by atoms with Gasteiger partial charge in [0.05, 0.1) is 22.5 Å². The Kier molecular flexibility index (Phi) is 8.45. The zero-order valence-corrected chi connectivity index (χ0v) is 20.7. The molecule has 0 radical (unpaired) electrons. The van der Waals surface area contributed by atoms with E-state index in [0.29, 0.717) is 40.4 Å². The van der Waals surface area contributed by atoms with Crippen molar-refractivity contribution in [1.82, 2.24) is 14.5 Å². The van der Waals surface area contributed by atoms with Crippen LogP contribution in [-0.2, 0) is 7.05 Å². The lowest BCUT2D eigenvalue weighted by molar-refractivity contribution is 0.0675. The molecular formula is C24H28BrClN4O2. The molecule has 0 bridgehead atoms. The van der Waals surface area contributed by atoms with Crippen molar-refractivity contribution in [2.45, 2.75) is 38.6 Å². The van der Waals surface area contributed by atoms with Gasteiger partial charge in [0.25, 0.3) is 11.5 Å². The Hall–Kier alpha value is -2.22. The third kappa shape index (κ3) is 5.39. The second-order valence-electron chi connectivity index (χ2n) is 7.85. The predicted molar refractivity (Wildman–Crippen MR) is 133 cm³/mol. The van der Waals surface area contributed by atoms with E-state index in [1.54, 1.807) is 36.2 Å². The molecule has 2 N–H and O–H groups in total. The summed E-state index contributed by atoms with van der Waals surface area (Å²) in [6, 6.07) is 12.0. The minimum atomic E-state index is -0.412. The molecule has 1 amide bonds. The number of fused-ring (bicyclic) bond motifs is 1. The molecular weight excluding hydrogens is 492 g/mol. The fourth-order valence-corrected chi connectivity index (χ4v) is 4.44. The van der Waals surface area contributed by atoms with E-state index in [1.165, 1.54) is 4.57 Å². The Morgan fingerprint density at radius 3 is 2.62 bits per heavy atom. The molecule has 1 heterocycles. The van der Waals surface area contributed by atoms with Gasteiger partial charge in [-0.15, -0.1) is 0 Å². The van der Waals surface area contributed by atoms with Gasteiger partial charge in [0.1, 0.15) is 5.82 Å². The lowest BCUT2D eigenvalue weighted by atomic mass is 10.1. The summed E-state index contributed by atoms with van der Waals surface area (Å²) >= 11 is 9.63. The SMILES string of the molecule is CC(c1nc2cc(Cl)ccc2c(=O)n1C)N(CCCCCCN)C(=O)c1ccccc1Br. The standard InChI is InChI=1S/C24H28BrClN4O2/c1-16(22-28-21-15-17(26)11-12-19(21)23(31)29(22)2)30(14-8-4-3-7-13-27)24(32)18-9-5-6-10-20(18)25/h5-6,9-12,15-16H,3-4,7-8,13-14,27H2,1-2H3. The molecule has 0 saturated heterocycles. The van der Waals surface area contributed by atoms with E-state index < -0.39 is 6.04 Å². The van der Waals surface area contributed by atoms with E-state index in [4.69, 9.17) is 22.3 Å². The second-order valence-corrected chi connectivity index (χ2v) is 9.14. The maximum Gasteiger partial charge on any atom is 0.261 e. The van der Waals surface area contributed by atoms with Gasteiger partial charge in [-0.3, -0.25) is 14.2 Å². The number of amides is 1. The first-order chi connectivity index (χ1) is 15.3. The first kappa shape index (κ1) is 24.4. The second kappa shape index (κ2) is 11.1. The molecule has 6 nitrogen and oxygen atoms in total. The van der Waals surface area contributed by atoms with Crippen molar-refractivity contribution in [3.63, 3.8) is 0 Å². The Bertz CT molecular complexity index is 1160. The number of carbonyl (C=O) groups excluding carboxylic acids is 1. The van der Waals surface area contributed by atoms with Gasteiger partial charge in [-0.1, -0.05) is 36.6 Å². The Morgan fingerprint density at radius 2 is 1.91 bits per heavy atom. The van der Waals surface area contributed by atoms with Gasteiger partial charge in [-0.25, -0.2) is 4.98 Å². The number of nitrogens with two attached hydrogens (primary N) is 1. The quantitative estimate of drug-likeness (QED) is 0.400. The maximum atomic E-state index is 13.6. The average Bonchev–Trinajstić information content (AvgIpc) is 2.78.